The third kappa shape index (κ3) is 17.0. The van der Waals surface area contributed by atoms with E-state index in [4.69, 9.17) is 10.5 Å². The Labute approximate surface area is 263 Å². The highest BCUT2D eigenvalue weighted by Crippen LogP contribution is 2.16. The molecule has 248 valence electrons. The minimum absolute atomic E-state index is 0.138. The van der Waals surface area contributed by atoms with Crippen LogP contribution in [0.5, 0.6) is 5.75 Å². The lowest BCUT2D eigenvalue weighted by Crippen LogP contribution is -2.56. The van der Waals surface area contributed by atoms with E-state index in [0.717, 1.165) is 37.8 Å². The van der Waals surface area contributed by atoms with Crippen LogP contribution < -0.4 is 26.4 Å². The highest BCUT2D eigenvalue weighted by Gasteiger charge is 2.30. The van der Waals surface area contributed by atoms with Gasteiger partial charge in [0, 0.05) is 32.2 Å². The second-order valence-corrected chi connectivity index (χ2v) is 11.7. The maximum absolute atomic E-state index is 13.6. The number of hydrogen-bond acceptors (Lipinski definition) is 7. The Hall–Kier alpha value is -3.47. The third-order valence-electron chi connectivity index (χ3n) is 7.43. The minimum Gasteiger partial charge on any atom is -0.427 e. The zero-order valence-corrected chi connectivity index (χ0v) is 27.4. The number of unbranched alkanes of at least 4 members (excludes halogenated alkanes) is 4. The zero-order chi connectivity index (χ0) is 32.9. The fourth-order valence-corrected chi connectivity index (χ4v) is 4.54. The van der Waals surface area contributed by atoms with Crippen molar-refractivity contribution in [1.29, 1.82) is 0 Å². The molecule has 0 aliphatic heterocycles. The van der Waals surface area contributed by atoms with E-state index in [1.807, 2.05) is 32.8 Å². The van der Waals surface area contributed by atoms with Gasteiger partial charge in [0.2, 0.25) is 23.6 Å². The summed E-state index contributed by atoms with van der Waals surface area (Å²) in [7, 11) is 3.90. The molecule has 0 aliphatic rings. The highest BCUT2D eigenvalue weighted by atomic mass is 16.5. The molecule has 44 heavy (non-hydrogen) atoms. The van der Waals surface area contributed by atoms with Crippen molar-refractivity contribution < 1.29 is 28.7 Å². The van der Waals surface area contributed by atoms with E-state index in [1.54, 1.807) is 24.3 Å². The quantitative estimate of drug-likeness (QED) is 0.0833. The Morgan fingerprint density at radius 1 is 0.841 bits per heavy atom. The molecule has 11 heteroatoms. The van der Waals surface area contributed by atoms with Gasteiger partial charge >= 0.3 is 5.97 Å². The van der Waals surface area contributed by atoms with Crippen molar-refractivity contribution in [2.24, 2.45) is 11.7 Å². The normalized spacial score (nSPS) is 13.0. The molecule has 0 saturated heterocycles. The smallest absolute Gasteiger partial charge is 0.311 e. The van der Waals surface area contributed by atoms with Crippen LogP contribution in [0.25, 0.3) is 0 Å². The molecule has 0 bridgehead atoms. The van der Waals surface area contributed by atoms with Gasteiger partial charge in [0.25, 0.3) is 0 Å². The molecule has 4 amide bonds. The Bertz CT molecular complexity index is 1030. The Kier molecular flexibility index (Phi) is 19.4. The van der Waals surface area contributed by atoms with Gasteiger partial charge in [-0.05, 0) is 69.9 Å². The molecular weight excluding hydrogens is 562 g/mol. The van der Waals surface area contributed by atoms with Crippen LogP contribution >= 0.6 is 0 Å². The van der Waals surface area contributed by atoms with E-state index in [9.17, 15) is 24.0 Å². The predicted molar refractivity (Wildman–Crippen MR) is 172 cm³/mol. The molecule has 1 aromatic carbocycles. The largest absolute Gasteiger partial charge is 0.427 e. The first-order valence-corrected chi connectivity index (χ1v) is 16.1. The summed E-state index contributed by atoms with van der Waals surface area (Å²) in [6.07, 6.45) is 7.23. The maximum atomic E-state index is 13.6. The van der Waals surface area contributed by atoms with Crippen LogP contribution in [0.15, 0.2) is 24.3 Å². The molecule has 0 aliphatic carbocycles. The lowest BCUT2D eigenvalue weighted by atomic mass is 9.97. The molecule has 0 radical (unpaired) electrons. The third-order valence-corrected chi connectivity index (χ3v) is 7.43. The topological polar surface area (TPSA) is 160 Å². The SMILES string of the molecule is CCCCCC(=O)NC(Cc1ccc(OC(=O)CCCN(C)C)cc1)C(=O)NC(C(=O)NCCCCCC(N)=O)C(C)CC. The van der Waals surface area contributed by atoms with Crippen LogP contribution in [0.4, 0.5) is 0 Å². The lowest BCUT2D eigenvalue weighted by molar-refractivity contribution is -0.134. The molecule has 3 unspecified atom stereocenters. The fraction of sp³-hybridized carbons (Fsp3) is 0.667. The van der Waals surface area contributed by atoms with Crippen molar-refractivity contribution >= 4 is 29.6 Å². The van der Waals surface area contributed by atoms with E-state index >= 15 is 0 Å². The van der Waals surface area contributed by atoms with E-state index in [1.165, 1.54) is 0 Å². The average molecular weight is 618 g/mol. The van der Waals surface area contributed by atoms with Crippen molar-refractivity contribution in [2.75, 3.05) is 27.2 Å². The molecule has 0 spiro atoms. The summed E-state index contributed by atoms with van der Waals surface area (Å²) in [5.41, 5.74) is 5.95. The van der Waals surface area contributed by atoms with Gasteiger partial charge in [-0.25, -0.2) is 0 Å². The fourth-order valence-electron chi connectivity index (χ4n) is 4.54. The number of primary amides is 1. The van der Waals surface area contributed by atoms with Crippen LogP contribution in [0.3, 0.4) is 0 Å². The van der Waals surface area contributed by atoms with Gasteiger partial charge in [0.15, 0.2) is 0 Å². The molecule has 0 aromatic heterocycles. The van der Waals surface area contributed by atoms with E-state index in [2.05, 4.69) is 22.9 Å². The number of carbonyl (C=O) groups is 5. The standard InChI is InChI=1S/C33H55N5O6/c1-6-8-10-15-29(40)36-27(23-25-17-19-26(20-18-25)44-30(41)16-13-22-38(4)5)32(42)37-31(24(3)7-2)33(43)35-21-12-9-11-14-28(34)39/h17-20,24,27,31H,6-16,21-23H2,1-5H3,(H2,34,39)(H,35,43)(H,36,40)(H,37,42). The monoisotopic (exact) mass is 617 g/mol. The molecule has 3 atom stereocenters. The summed E-state index contributed by atoms with van der Waals surface area (Å²) in [5, 5.41) is 8.66. The van der Waals surface area contributed by atoms with E-state index < -0.39 is 18.0 Å². The van der Waals surface area contributed by atoms with E-state index in [-0.39, 0.29) is 36.0 Å². The average Bonchev–Trinajstić information content (AvgIpc) is 2.97. The highest BCUT2D eigenvalue weighted by molar-refractivity contribution is 5.92. The Morgan fingerprint density at radius 3 is 2.14 bits per heavy atom. The molecule has 1 aromatic rings. The number of amides is 4. The van der Waals surface area contributed by atoms with Crippen molar-refractivity contribution in [2.45, 2.75) is 110 Å². The summed E-state index contributed by atoms with van der Waals surface area (Å²) in [4.78, 5) is 64.5. The lowest BCUT2D eigenvalue weighted by Gasteiger charge is -2.26. The van der Waals surface area contributed by atoms with Crippen molar-refractivity contribution in [3.63, 3.8) is 0 Å². The van der Waals surface area contributed by atoms with Crippen LogP contribution in [-0.4, -0.2) is 73.8 Å². The molecular formula is C33H55N5O6. The molecule has 0 heterocycles. The second-order valence-electron chi connectivity index (χ2n) is 11.7. The van der Waals surface area contributed by atoms with Crippen LogP contribution in [0, 0.1) is 5.92 Å². The summed E-state index contributed by atoms with van der Waals surface area (Å²) >= 11 is 0. The van der Waals surface area contributed by atoms with Gasteiger partial charge in [-0.15, -0.1) is 0 Å². The van der Waals surface area contributed by atoms with Gasteiger partial charge in [-0.1, -0.05) is 58.6 Å². The van der Waals surface area contributed by atoms with Gasteiger partial charge < -0.3 is 31.3 Å². The summed E-state index contributed by atoms with van der Waals surface area (Å²) in [6.45, 7) is 7.12. The van der Waals surface area contributed by atoms with Gasteiger partial charge in [-0.3, -0.25) is 24.0 Å². The summed E-state index contributed by atoms with van der Waals surface area (Å²) in [6, 6.07) is 5.22. The zero-order valence-electron chi connectivity index (χ0n) is 27.4. The Balaban J connectivity index is 2.92. The van der Waals surface area contributed by atoms with E-state index in [0.29, 0.717) is 57.2 Å². The van der Waals surface area contributed by atoms with Crippen LogP contribution in [-0.2, 0) is 30.4 Å². The molecule has 0 fully saturated rings. The molecule has 0 saturated carbocycles. The first-order valence-electron chi connectivity index (χ1n) is 16.1. The number of esters is 1. The second kappa shape index (κ2) is 22.1. The summed E-state index contributed by atoms with van der Waals surface area (Å²) < 4.78 is 5.43. The van der Waals surface area contributed by atoms with Gasteiger partial charge in [0.05, 0.1) is 0 Å². The summed E-state index contributed by atoms with van der Waals surface area (Å²) in [5.74, 6) is -1.32. The number of benzene rings is 1. The minimum atomic E-state index is -0.892. The molecule has 1 rings (SSSR count). The first kappa shape index (κ1) is 38.6. The first-order chi connectivity index (χ1) is 21.0. The van der Waals surface area contributed by atoms with Gasteiger partial charge in [-0.2, -0.15) is 0 Å². The predicted octanol–water partition coefficient (Wildman–Crippen LogP) is 3.23. The van der Waals surface area contributed by atoms with Crippen molar-refractivity contribution in [3.8, 4) is 5.75 Å². The number of hydrogen-bond donors (Lipinski definition) is 4. The number of ether oxygens (including phenoxy) is 1. The van der Waals surface area contributed by atoms with Crippen molar-refractivity contribution in [1.82, 2.24) is 20.9 Å². The maximum Gasteiger partial charge on any atom is 0.311 e. The number of nitrogens with zero attached hydrogens (tertiary/aromatic N) is 1. The van der Waals surface area contributed by atoms with Crippen molar-refractivity contribution in [3.05, 3.63) is 29.8 Å². The van der Waals surface area contributed by atoms with Crippen LogP contribution in [0.1, 0.15) is 97.0 Å². The number of nitrogens with one attached hydrogen (secondary N) is 3. The number of carbonyl (C=O) groups excluding carboxylic acids is 5. The Morgan fingerprint density at radius 2 is 1.52 bits per heavy atom. The van der Waals surface area contributed by atoms with Gasteiger partial charge in [0.1, 0.15) is 17.8 Å². The number of rotatable bonds is 23. The number of nitrogens with two attached hydrogens (primary N) is 1. The molecule has 5 N–H and O–H groups in total. The molecule has 11 nitrogen and oxygen atoms in total. The van der Waals surface area contributed by atoms with Crippen LogP contribution in [0.2, 0.25) is 0 Å².